The maximum absolute atomic E-state index is 13.0. The lowest BCUT2D eigenvalue weighted by atomic mass is 10.3. The fraction of sp³-hybridized carbons (Fsp3) is 0.556. The van der Waals surface area contributed by atoms with Crippen LogP contribution in [-0.4, -0.2) is 34.7 Å². The average Bonchev–Trinajstić information content (AvgIpc) is 2.23. The van der Waals surface area contributed by atoms with E-state index in [2.05, 4.69) is 10.1 Å². The molecule has 0 rings (SSSR count). The zero-order chi connectivity index (χ0) is 14.4. The van der Waals surface area contributed by atoms with Gasteiger partial charge in [0.1, 0.15) is 0 Å². The fourth-order valence-corrected chi connectivity index (χ4v) is 0.955. The first-order valence-corrected chi connectivity index (χ1v) is 5.82. The van der Waals surface area contributed by atoms with Crippen molar-refractivity contribution >= 4 is 46.7 Å². The van der Waals surface area contributed by atoms with Crippen LogP contribution in [0.1, 0.15) is 6.92 Å². The zero-order valence-corrected chi connectivity index (χ0v) is 11.5. The third-order valence-electron chi connectivity index (χ3n) is 1.51. The van der Waals surface area contributed by atoms with Gasteiger partial charge in [0.2, 0.25) is 0 Å². The average molecular weight is 325 g/mol. The predicted molar refractivity (Wildman–Crippen MR) is 64.0 cm³/mol. The molecular weight excluding hydrogens is 314 g/mol. The molecule has 0 heterocycles. The maximum Gasteiger partial charge on any atom is 0.381 e. The van der Waals surface area contributed by atoms with Crippen molar-refractivity contribution in [3.8, 4) is 0 Å². The van der Waals surface area contributed by atoms with Gasteiger partial charge < -0.3 is 10.1 Å². The van der Waals surface area contributed by atoms with Gasteiger partial charge in [-0.2, -0.15) is 8.78 Å². The minimum Gasteiger partial charge on any atom is -0.461 e. The highest BCUT2D eigenvalue weighted by Gasteiger charge is 2.37. The molecule has 0 aromatic carbocycles. The Morgan fingerprint density at radius 3 is 2.33 bits per heavy atom. The van der Waals surface area contributed by atoms with Crippen molar-refractivity contribution in [3.05, 3.63) is 12.2 Å². The largest absolute Gasteiger partial charge is 0.461 e. The third-order valence-corrected chi connectivity index (χ3v) is 2.03. The molecule has 0 aromatic rings. The van der Waals surface area contributed by atoms with E-state index >= 15 is 0 Å². The number of alkyl halides is 5. The van der Waals surface area contributed by atoms with Gasteiger partial charge in [-0.05, 0) is 13.0 Å². The fourth-order valence-electron chi connectivity index (χ4n) is 0.754. The second kappa shape index (κ2) is 7.11. The molecule has 0 aliphatic heterocycles. The van der Waals surface area contributed by atoms with Crippen molar-refractivity contribution in [1.82, 2.24) is 5.32 Å². The molecule has 0 aliphatic rings. The van der Waals surface area contributed by atoms with Crippen molar-refractivity contribution in [1.29, 1.82) is 0 Å². The van der Waals surface area contributed by atoms with Gasteiger partial charge >= 0.3 is 11.9 Å². The first kappa shape index (κ1) is 17.4. The van der Waals surface area contributed by atoms with E-state index in [4.69, 9.17) is 34.8 Å². The van der Waals surface area contributed by atoms with Gasteiger partial charge in [-0.25, -0.2) is 4.79 Å². The summed E-state index contributed by atoms with van der Waals surface area (Å²) in [6.45, 7) is 0.924. The first-order valence-electron chi connectivity index (χ1n) is 4.69. The smallest absolute Gasteiger partial charge is 0.381 e. The number of rotatable bonds is 5. The van der Waals surface area contributed by atoms with Gasteiger partial charge in [-0.3, -0.25) is 4.79 Å². The highest BCUT2D eigenvalue weighted by Crippen LogP contribution is 2.25. The number of nitrogens with one attached hydrogen (secondary N) is 1. The van der Waals surface area contributed by atoms with Crippen LogP contribution in [0.15, 0.2) is 12.2 Å². The van der Waals surface area contributed by atoms with Crippen LogP contribution in [0.3, 0.4) is 0 Å². The minimum atomic E-state index is -3.76. The van der Waals surface area contributed by atoms with Crippen molar-refractivity contribution in [3.63, 3.8) is 0 Å². The minimum absolute atomic E-state index is 0.160. The Bertz CT molecular complexity index is 342. The molecule has 9 heteroatoms. The summed E-state index contributed by atoms with van der Waals surface area (Å²) in [5, 5.41) is 2.06. The first-order chi connectivity index (χ1) is 8.11. The third kappa shape index (κ3) is 6.37. The lowest BCUT2D eigenvalue weighted by molar-refractivity contribution is -0.164. The molecule has 0 fully saturated rings. The predicted octanol–water partition coefficient (Wildman–Crippen LogP) is 2.23. The summed E-state index contributed by atoms with van der Waals surface area (Å²) in [6, 6.07) is 0. The van der Waals surface area contributed by atoms with Crippen LogP contribution >= 0.6 is 34.8 Å². The van der Waals surface area contributed by atoms with E-state index in [-0.39, 0.29) is 13.2 Å². The van der Waals surface area contributed by atoms with Crippen LogP contribution < -0.4 is 5.32 Å². The second-order valence-electron chi connectivity index (χ2n) is 2.95. The topological polar surface area (TPSA) is 55.4 Å². The van der Waals surface area contributed by atoms with Crippen LogP contribution in [0.4, 0.5) is 8.78 Å². The monoisotopic (exact) mass is 323 g/mol. The van der Waals surface area contributed by atoms with Crippen LogP contribution in [0.2, 0.25) is 0 Å². The molecule has 0 bridgehead atoms. The summed E-state index contributed by atoms with van der Waals surface area (Å²) in [5.41, 5.74) is 0. The molecule has 0 atom stereocenters. The van der Waals surface area contributed by atoms with E-state index in [9.17, 15) is 18.4 Å². The number of amides is 1. The van der Waals surface area contributed by atoms with E-state index in [1.54, 1.807) is 0 Å². The summed E-state index contributed by atoms with van der Waals surface area (Å²) in [6.07, 6.45) is 1.15. The molecular formula is C9H10Cl3F2NO3. The van der Waals surface area contributed by atoms with Gasteiger partial charge in [-0.1, -0.05) is 40.9 Å². The highest BCUT2D eigenvalue weighted by atomic mass is 35.6. The van der Waals surface area contributed by atoms with E-state index in [0.29, 0.717) is 6.08 Å². The van der Waals surface area contributed by atoms with Crippen molar-refractivity contribution in [2.75, 3.05) is 13.2 Å². The molecule has 0 aromatic heterocycles. The molecule has 4 nitrogen and oxygen atoms in total. The number of esters is 1. The molecule has 0 spiro atoms. The lowest BCUT2D eigenvalue weighted by Gasteiger charge is -2.11. The van der Waals surface area contributed by atoms with Crippen molar-refractivity contribution in [2.24, 2.45) is 0 Å². The number of halogens is 5. The molecule has 0 aliphatic carbocycles. The summed E-state index contributed by atoms with van der Waals surface area (Å²) in [5.74, 6) is -6.40. The number of hydrogen-bond donors (Lipinski definition) is 1. The molecule has 104 valence electrons. The van der Waals surface area contributed by atoms with E-state index < -0.39 is 21.6 Å². The van der Waals surface area contributed by atoms with Crippen LogP contribution in [-0.2, 0) is 14.3 Å². The quantitative estimate of drug-likeness (QED) is 0.479. The summed E-state index contributed by atoms with van der Waals surface area (Å²) in [4.78, 5) is 21.8. The SMILES string of the molecule is CCOC(=O)C(F)(F)/C=C/CNC(=O)C(Cl)(Cl)Cl. The standard InChI is InChI=1S/C9H10Cl3F2NO3/c1-2-18-7(17)8(13,14)4-3-5-15-6(16)9(10,11)12/h3-4H,2,5H2,1H3,(H,15,16)/b4-3+. The Balaban J connectivity index is 4.25. The van der Waals surface area contributed by atoms with Gasteiger partial charge in [0.15, 0.2) is 0 Å². The summed E-state index contributed by atoms with van der Waals surface area (Å²) in [7, 11) is 0. The van der Waals surface area contributed by atoms with Gasteiger partial charge in [0, 0.05) is 6.54 Å². The highest BCUT2D eigenvalue weighted by molar-refractivity contribution is 6.76. The molecule has 0 saturated carbocycles. The summed E-state index contributed by atoms with van der Waals surface area (Å²) >= 11 is 15.6. The Labute approximate surface area is 117 Å². The van der Waals surface area contributed by atoms with Gasteiger partial charge in [0.25, 0.3) is 9.70 Å². The number of hydrogen-bond acceptors (Lipinski definition) is 3. The molecule has 0 saturated heterocycles. The van der Waals surface area contributed by atoms with Crippen molar-refractivity contribution in [2.45, 2.75) is 16.6 Å². The van der Waals surface area contributed by atoms with Gasteiger partial charge in [0.05, 0.1) is 6.61 Å². The van der Waals surface area contributed by atoms with Crippen LogP contribution in [0, 0.1) is 0 Å². The zero-order valence-electron chi connectivity index (χ0n) is 9.18. The summed E-state index contributed by atoms with van der Waals surface area (Å²) < 4.78 is 28.0. The van der Waals surface area contributed by atoms with E-state index in [0.717, 1.165) is 6.08 Å². The van der Waals surface area contributed by atoms with E-state index in [1.807, 2.05) is 0 Å². The Kier molecular flexibility index (Phi) is 6.88. The normalized spacial score (nSPS) is 12.6. The molecule has 18 heavy (non-hydrogen) atoms. The molecule has 0 unspecified atom stereocenters. The van der Waals surface area contributed by atoms with Crippen LogP contribution in [0.5, 0.6) is 0 Å². The lowest BCUT2D eigenvalue weighted by Crippen LogP contribution is -2.35. The molecule has 1 N–H and O–H groups in total. The maximum atomic E-state index is 13.0. The molecule has 0 radical (unpaired) electrons. The Hall–Kier alpha value is -0.590. The van der Waals surface area contributed by atoms with E-state index in [1.165, 1.54) is 6.92 Å². The number of carbonyl (C=O) groups is 2. The Morgan fingerprint density at radius 1 is 1.33 bits per heavy atom. The van der Waals surface area contributed by atoms with Crippen LogP contribution in [0.25, 0.3) is 0 Å². The number of ether oxygens (including phenoxy) is 1. The Morgan fingerprint density at radius 2 is 1.89 bits per heavy atom. The number of carbonyl (C=O) groups excluding carboxylic acids is 2. The molecule has 1 amide bonds. The van der Waals surface area contributed by atoms with Crippen molar-refractivity contribution < 1.29 is 23.1 Å². The van der Waals surface area contributed by atoms with Gasteiger partial charge in [-0.15, -0.1) is 0 Å². The second-order valence-corrected chi connectivity index (χ2v) is 5.23.